The van der Waals surface area contributed by atoms with Crippen molar-refractivity contribution in [2.45, 2.75) is 29.6 Å². The molecular formula is C21H20N2Na2O7S3. The van der Waals surface area contributed by atoms with Crippen LogP contribution in [0, 0.1) is 0 Å². The summed E-state index contributed by atoms with van der Waals surface area (Å²) in [7, 11) is -9.92. The number of benzene rings is 3. The van der Waals surface area contributed by atoms with Gasteiger partial charge in [0, 0.05) is 22.1 Å². The third-order valence-corrected chi connectivity index (χ3v) is 6.57. The molecule has 0 aromatic heterocycles. The molecule has 0 bridgehead atoms. The predicted octanol–water partition coefficient (Wildman–Crippen LogP) is -2.36. The number of hydrogen-bond acceptors (Lipinski definition) is 8. The number of anilines is 2. The molecule has 0 atom stereocenters. The van der Waals surface area contributed by atoms with E-state index < -0.39 is 30.0 Å². The molecule has 0 aliphatic carbocycles. The number of rotatable bonds is 8. The molecule has 3 aromatic carbocycles. The van der Waals surface area contributed by atoms with Crippen LogP contribution in [0.25, 0.3) is 10.8 Å². The number of thiocarbonyl (C=S) groups is 1. The van der Waals surface area contributed by atoms with Crippen LogP contribution in [0.1, 0.15) is 19.8 Å². The number of hydrogen-bond donors (Lipinski definition) is 2. The standard InChI is InChI=1S/C21H22N2O7S3.2Na/c1-2-3-11-30-16-9-7-14(8-10-16)22-21(31)23-15-12-18-17(20(13-15)33(27,28)29)5-4-6-19(18)32(24,25)26;;/h4-10,12-13H,2-3,11H2,1H3,(H2,22,23,31)(H,24,25,26)(H,27,28,29);;/q;2*+1/p-2. The average molecular weight is 555 g/mol. The summed E-state index contributed by atoms with van der Waals surface area (Å²) in [5, 5.41) is 5.28. The van der Waals surface area contributed by atoms with Crippen LogP contribution in [0.4, 0.5) is 11.4 Å². The van der Waals surface area contributed by atoms with Crippen molar-refractivity contribution >= 4 is 59.7 Å². The first-order chi connectivity index (χ1) is 15.5. The molecule has 0 saturated heterocycles. The fourth-order valence-corrected chi connectivity index (χ4v) is 4.72. The number of unbranched alkanes of at least 4 members (excludes halogenated alkanes) is 1. The van der Waals surface area contributed by atoms with E-state index in [9.17, 15) is 25.9 Å². The summed E-state index contributed by atoms with van der Waals surface area (Å²) in [4.78, 5) is -1.32. The minimum Gasteiger partial charge on any atom is -0.744 e. The van der Waals surface area contributed by atoms with E-state index in [4.69, 9.17) is 17.0 Å². The van der Waals surface area contributed by atoms with Crippen molar-refractivity contribution in [1.82, 2.24) is 0 Å². The van der Waals surface area contributed by atoms with Gasteiger partial charge >= 0.3 is 59.1 Å². The topological polar surface area (TPSA) is 148 Å². The van der Waals surface area contributed by atoms with Crippen molar-refractivity contribution in [2.75, 3.05) is 17.2 Å². The van der Waals surface area contributed by atoms with Crippen LogP contribution >= 0.6 is 12.2 Å². The molecule has 0 fully saturated rings. The maximum Gasteiger partial charge on any atom is 1.00 e. The van der Waals surface area contributed by atoms with Crippen molar-refractivity contribution in [3.05, 3.63) is 54.6 Å². The molecule has 0 aliphatic rings. The minimum atomic E-state index is -4.99. The Balaban J connectivity index is 0.00000306. The van der Waals surface area contributed by atoms with E-state index in [-0.39, 0.29) is 80.7 Å². The Hall–Kier alpha value is -0.770. The Labute approximate surface area is 254 Å². The fraction of sp³-hybridized carbons (Fsp3) is 0.190. The quantitative estimate of drug-likeness (QED) is 0.134. The number of fused-ring (bicyclic) bond motifs is 1. The average Bonchev–Trinajstić information content (AvgIpc) is 2.72. The van der Waals surface area contributed by atoms with Gasteiger partial charge in [-0.25, -0.2) is 16.8 Å². The van der Waals surface area contributed by atoms with Gasteiger partial charge in [0.25, 0.3) is 0 Å². The number of ether oxygens (including phenoxy) is 1. The van der Waals surface area contributed by atoms with Gasteiger partial charge in [0.15, 0.2) is 5.11 Å². The summed E-state index contributed by atoms with van der Waals surface area (Å²) in [6.07, 6.45) is 1.96. The summed E-state index contributed by atoms with van der Waals surface area (Å²) in [6.45, 7) is 2.67. The van der Waals surface area contributed by atoms with E-state index in [1.165, 1.54) is 18.2 Å². The van der Waals surface area contributed by atoms with E-state index in [1.807, 2.05) is 0 Å². The third-order valence-electron chi connectivity index (χ3n) is 4.59. The van der Waals surface area contributed by atoms with Crippen molar-refractivity contribution in [2.24, 2.45) is 0 Å². The van der Waals surface area contributed by atoms with E-state index in [2.05, 4.69) is 17.6 Å². The van der Waals surface area contributed by atoms with Gasteiger partial charge in [-0.3, -0.25) is 0 Å². The molecular weight excluding hydrogens is 534 g/mol. The van der Waals surface area contributed by atoms with Gasteiger partial charge < -0.3 is 24.5 Å². The molecule has 9 nitrogen and oxygen atoms in total. The van der Waals surface area contributed by atoms with Crippen LogP contribution in [0.3, 0.4) is 0 Å². The molecule has 0 amide bonds. The van der Waals surface area contributed by atoms with E-state index >= 15 is 0 Å². The monoisotopic (exact) mass is 554 g/mol. The second kappa shape index (κ2) is 13.7. The Bertz CT molecular complexity index is 1400. The van der Waals surface area contributed by atoms with Crippen LogP contribution < -0.4 is 74.5 Å². The number of nitrogens with one attached hydrogen (secondary N) is 2. The molecule has 2 N–H and O–H groups in total. The molecule has 14 heteroatoms. The third kappa shape index (κ3) is 8.93. The Kier molecular flexibility index (Phi) is 12.6. The summed E-state index contributed by atoms with van der Waals surface area (Å²) < 4.78 is 75.9. The molecule has 0 spiro atoms. The minimum absolute atomic E-state index is 0. The van der Waals surface area contributed by atoms with Gasteiger partial charge in [0.05, 0.1) is 16.4 Å². The van der Waals surface area contributed by atoms with Crippen LogP contribution in [-0.2, 0) is 20.2 Å². The Morgan fingerprint density at radius 2 is 1.46 bits per heavy atom. The zero-order valence-corrected chi connectivity index (χ0v) is 25.8. The predicted molar refractivity (Wildman–Crippen MR) is 127 cm³/mol. The second-order valence-corrected chi connectivity index (χ2v) is 10.1. The normalized spacial score (nSPS) is 11.2. The van der Waals surface area contributed by atoms with Crippen molar-refractivity contribution in [1.29, 1.82) is 0 Å². The van der Waals surface area contributed by atoms with E-state index in [0.29, 0.717) is 18.0 Å². The van der Waals surface area contributed by atoms with Crippen LogP contribution in [0.2, 0.25) is 0 Å². The van der Waals surface area contributed by atoms with Gasteiger partial charge in [0.2, 0.25) is 0 Å². The van der Waals surface area contributed by atoms with E-state index in [0.717, 1.165) is 25.0 Å². The maximum absolute atomic E-state index is 11.8. The van der Waals surface area contributed by atoms with Gasteiger partial charge in [-0.15, -0.1) is 0 Å². The van der Waals surface area contributed by atoms with Crippen LogP contribution in [0.15, 0.2) is 64.4 Å². The zero-order chi connectivity index (χ0) is 24.2. The molecule has 0 unspecified atom stereocenters. The molecule has 3 rings (SSSR count). The van der Waals surface area contributed by atoms with Crippen LogP contribution in [-0.4, -0.2) is 37.7 Å². The van der Waals surface area contributed by atoms with Crippen molar-refractivity contribution < 1.29 is 89.8 Å². The molecule has 0 radical (unpaired) electrons. The second-order valence-electron chi connectivity index (χ2n) is 7.04. The molecule has 0 saturated carbocycles. The largest absolute Gasteiger partial charge is 1.00 e. The molecule has 35 heavy (non-hydrogen) atoms. The zero-order valence-electron chi connectivity index (χ0n) is 19.4. The van der Waals surface area contributed by atoms with Gasteiger partial charge in [-0.1, -0.05) is 25.5 Å². The maximum atomic E-state index is 11.8. The molecule has 176 valence electrons. The summed E-state index contributed by atoms with van der Waals surface area (Å²) >= 11 is 5.24. The summed E-state index contributed by atoms with van der Waals surface area (Å²) in [6, 6.07) is 12.7. The first kappa shape index (κ1) is 32.3. The molecule has 0 aliphatic heterocycles. The summed E-state index contributed by atoms with van der Waals surface area (Å²) in [5.74, 6) is 0.694. The first-order valence-electron chi connectivity index (χ1n) is 9.78. The van der Waals surface area contributed by atoms with Gasteiger partial charge in [0.1, 0.15) is 26.0 Å². The van der Waals surface area contributed by atoms with Gasteiger partial charge in [-0.2, -0.15) is 0 Å². The van der Waals surface area contributed by atoms with Crippen LogP contribution in [0.5, 0.6) is 5.75 Å². The smallest absolute Gasteiger partial charge is 0.744 e. The van der Waals surface area contributed by atoms with Gasteiger partial charge in [-0.05, 0) is 61.1 Å². The molecule has 3 aromatic rings. The van der Waals surface area contributed by atoms with Crippen molar-refractivity contribution in [3.63, 3.8) is 0 Å². The first-order valence-corrected chi connectivity index (χ1v) is 13.0. The van der Waals surface area contributed by atoms with E-state index in [1.54, 1.807) is 24.3 Å². The summed E-state index contributed by atoms with van der Waals surface area (Å²) in [5.41, 5.74) is 0.626. The Morgan fingerprint density at radius 3 is 2.03 bits per heavy atom. The molecule has 0 heterocycles. The SMILES string of the molecule is CCCCOc1ccc(NC(=S)Nc2cc(S(=O)(=O)[O-])c3cccc(S(=O)(=O)[O-])c3c2)cc1.[Na+].[Na+]. The fourth-order valence-electron chi connectivity index (χ4n) is 3.08. The Morgan fingerprint density at radius 1 is 0.857 bits per heavy atom. The van der Waals surface area contributed by atoms with Crippen molar-refractivity contribution in [3.8, 4) is 5.75 Å².